The van der Waals surface area contributed by atoms with Crippen LogP contribution in [0, 0.1) is 5.82 Å². The van der Waals surface area contributed by atoms with E-state index < -0.39 is 0 Å². The average molecular weight is 372 g/mol. The van der Waals surface area contributed by atoms with Crippen LogP contribution in [0.5, 0.6) is 0 Å². The lowest BCUT2D eigenvalue weighted by Crippen LogP contribution is -2.03. The number of amides is 2. The van der Waals surface area contributed by atoms with Crippen molar-refractivity contribution >= 4 is 34.8 Å². The van der Waals surface area contributed by atoms with Crippen LogP contribution in [-0.2, 0) is 16.0 Å². The first kappa shape index (κ1) is 17.7. The van der Waals surface area contributed by atoms with Crippen molar-refractivity contribution in [3.63, 3.8) is 0 Å². The summed E-state index contributed by atoms with van der Waals surface area (Å²) in [5, 5.41) is 5.56. The Kier molecular flexibility index (Phi) is 4.72. The maximum absolute atomic E-state index is 12.8. The lowest BCUT2D eigenvalue weighted by molar-refractivity contribution is -0.115. The number of carbonyl (C=O) groups excluding carboxylic acids is 2. The first-order valence-electron chi connectivity index (χ1n) is 8.86. The first-order valence-corrected chi connectivity index (χ1v) is 8.86. The molecule has 2 N–H and O–H groups in total. The number of hydrogen-bond acceptors (Lipinski definition) is 2. The normalized spacial score (nSPS) is 15.2. The Hall–Kier alpha value is -3.73. The molecule has 0 aromatic heterocycles. The second-order valence-corrected chi connectivity index (χ2v) is 6.49. The zero-order valence-electron chi connectivity index (χ0n) is 14.9. The van der Waals surface area contributed by atoms with E-state index in [4.69, 9.17) is 0 Å². The average Bonchev–Trinajstić information content (AvgIpc) is 3.23. The van der Waals surface area contributed by atoms with Gasteiger partial charge in [-0.15, -0.1) is 0 Å². The smallest absolute Gasteiger partial charge is 0.256 e. The van der Waals surface area contributed by atoms with Gasteiger partial charge in [-0.2, -0.15) is 0 Å². The summed E-state index contributed by atoms with van der Waals surface area (Å²) in [5.74, 6) is -0.310. The van der Waals surface area contributed by atoms with Crippen LogP contribution < -0.4 is 10.6 Å². The molecule has 0 saturated carbocycles. The molecule has 28 heavy (non-hydrogen) atoms. The van der Waals surface area contributed by atoms with E-state index in [-0.39, 0.29) is 17.6 Å². The van der Waals surface area contributed by atoms with Crippen LogP contribution in [0.3, 0.4) is 0 Å². The Balaban J connectivity index is 0.000000162. The molecule has 0 atom stereocenters. The number of halogens is 1. The molecule has 0 fully saturated rings. The van der Waals surface area contributed by atoms with Crippen molar-refractivity contribution in [2.75, 3.05) is 10.6 Å². The van der Waals surface area contributed by atoms with Gasteiger partial charge in [0, 0.05) is 22.5 Å². The molecule has 2 aliphatic heterocycles. The highest BCUT2D eigenvalue weighted by Crippen LogP contribution is 2.32. The fourth-order valence-electron chi connectivity index (χ4n) is 3.17. The van der Waals surface area contributed by atoms with E-state index in [2.05, 4.69) is 10.6 Å². The van der Waals surface area contributed by atoms with Crippen molar-refractivity contribution in [1.82, 2.24) is 0 Å². The number of nitrogens with one attached hydrogen (secondary N) is 2. The standard InChI is InChI=1S/C15H10FNO.C8H7NO/c16-11-7-5-10(6-8-11)9-13-12-3-1-2-4-14(12)17-15(13)18;10-8-5-6-3-1-2-4-7(6)9-8/h1-9H,(H,17,18);1-4H,5H2,(H,9,10)/b13-9-;. The molecule has 0 radical (unpaired) electrons. The lowest BCUT2D eigenvalue weighted by Gasteiger charge is -1.98. The summed E-state index contributed by atoms with van der Waals surface area (Å²) in [6.45, 7) is 0. The van der Waals surface area contributed by atoms with Gasteiger partial charge in [-0.05, 0) is 41.5 Å². The molecule has 3 aromatic carbocycles. The Morgan fingerprint density at radius 3 is 2.21 bits per heavy atom. The monoisotopic (exact) mass is 372 g/mol. The van der Waals surface area contributed by atoms with E-state index in [0.29, 0.717) is 12.0 Å². The third-order valence-electron chi connectivity index (χ3n) is 4.53. The van der Waals surface area contributed by atoms with Crippen molar-refractivity contribution in [3.8, 4) is 0 Å². The summed E-state index contributed by atoms with van der Waals surface area (Å²) >= 11 is 0. The van der Waals surface area contributed by atoms with Crippen LogP contribution in [0.15, 0.2) is 72.8 Å². The second kappa shape index (κ2) is 7.48. The predicted molar refractivity (Wildman–Crippen MR) is 108 cm³/mol. The number of anilines is 2. The van der Waals surface area contributed by atoms with E-state index in [9.17, 15) is 14.0 Å². The highest BCUT2D eigenvalue weighted by molar-refractivity contribution is 6.34. The molecule has 0 aliphatic carbocycles. The molecular weight excluding hydrogens is 355 g/mol. The van der Waals surface area contributed by atoms with E-state index in [1.165, 1.54) is 12.1 Å². The Morgan fingerprint density at radius 1 is 0.786 bits per heavy atom. The second-order valence-electron chi connectivity index (χ2n) is 6.49. The molecule has 2 amide bonds. The fourth-order valence-corrected chi connectivity index (χ4v) is 3.17. The van der Waals surface area contributed by atoms with Crippen molar-refractivity contribution in [3.05, 3.63) is 95.3 Å². The lowest BCUT2D eigenvalue weighted by atomic mass is 10.0. The van der Waals surface area contributed by atoms with Crippen LogP contribution in [0.1, 0.15) is 16.7 Å². The van der Waals surface area contributed by atoms with Gasteiger partial charge >= 0.3 is 0 Å². The summed E-state index contributed by atoms with van der Waals surface area (Å²) in [6.07, 6.45) is 2.30. The van der Waals surface area contributed by atoms with Crippen LogP contribution in [0.2, 0.25) is 0 Å². The highest BCUT2D eigenvalue weighted by atomic mass is 19.1. The van der Waals surface area contributed by atoms with Gasteiger partial charge in [0.05, 0.1) is 6.42 Å². The summed E-state index contributed by atoms with van der Waals surface area (Å²) in [4.78, 5) is 22.6. The van der Waals surface area contributed by atoms with Gasteiger partial charge in [0.2, 0.25) is 5.91 Å². The van der Waals surface area contributed by atoms with E-state index in [1.807, 2.05) is 48.5 Å². The Morgan fingerprint density at radius 2 is 1.46 bits per heavy atom. The molecule has 2 aliphatic rings. The number of hydrogen-bond donors (Lipinski definition) is 2. The largest absolute Gasteiger partial charge is 0.326 e. The first-order chi connectivity index (χ1) is 13.6. The zero-order chi connectivity index (χ0) is 19.5. The van der Waals surface area contributed by atoms with Gasteiger partial charge in [0.1, 0.15) is 5.82 Å². The van der Waals surface area contributed by atoms with Crippen molar-refractivity contribution in [1.29, 1.82) is 0 Å². The molecule has 0 saturated heterocycles. The third-order valence-corrected chi connectivity index (χ3v) is 4.53. The summed E-state index contributed by atoms with van der Waals surface area (Å²) in [6, 6.07) is 21.3. The van der Waals surface area contributed by atoms with Crippen LogP contribution in [0.25, 0.3) is 11.6 Å². The third kappa shape index (κ3) is 3.69. The maximum atomic E-state index is 12.8. The molecule has 3 aromatic rings. The summed E-state index contributed by atoms with van der Waals surface area (Å²) in [7, 11) is 0. The van der Waals surface area contributed by atoms with Crippen molar-refractivity contribution in [2.24, 2.45) is 0 Å². The van der Waals surface area contributed by atoms with Crippen LogP contribution in [-0.4, -0.2) is 11.8 Å². The Labute approximate surface area is 161 Å². The number of benzene rings is 3. The maximum Gasteiger partial charge on any atom is 0.256 e. The van der Waals surface area contributed by atoms with Gasteiger partial charge in [-0.25, -0.2) is 4.39 Å². The number of rotatable bonds is 1. The minimum absolute atomic E-state index is 0.0983. The minimum Gasteiger partial charge on any atom is -0.326 e. The van der Waals surface area contributed by atoms with Gasteiger partial charge in [-0.3, -0.25) is 9.59 Å². The fraction of sp³-hybridized carbons (Fsp3) is 0.0435. The van der Waals surface area contributed by atoms with E-state index in [0.717, 1.165) is 28.1 Å². The quantitative estimate of drug-likeness (QED) is 0.618. The molecular formula is C23H17FN2O2. The molecule has 5 rings (SSSR count). The van der Waals surface area contributed by atoms with Gasteiger partial charge in [-0.1, -0.05) is 48.5 Å². The molecule has 5 heteroatoms. The number of carbonyl (C=O) groups is 2. The molecule has 4 nitrogen and oxygen atoms in total. The molecule has 0 bridgehead atoms. The van der Waals surface area contributed by atoms with Crippen molar-refractivity contribution < 1.29 is 14.0 Å². The van der Waals surface area contributed by atoms with Crippen LogP contribution in [0.4, 0.5) is 15.8 Å². The topological polar surface area (TPSA) is 58.2 Å². The Bertz CT molecular complexity index is 1060. The molecule has 0 spiro atoms. The zero-order valence-corrected chi connectivity index (χ0v) is 14.9. The molecule has 138 valence electrons. The van der Waals surface area contributed by atoms with E-state index in [1.54, 1.807) is 18.2 Å². The summed E-state index contributed by atoms with van der Waals surface area (Å²) in [5.41, 5.74) is 5.18. The van der Waals surface area contributed by atoms with Crippen molar-refractivity contribution in [2.45, 2.75) is 6.42 Å². The predicted octanol–water partition coefficient (Wildman–Crippen LogP) is 4.50. The SMILES string of the molecule is O=C1Cc2ccccc2N1.O=C1Nc2ccccc2/C1=C/c1ccc(F)cc1. The summed E-state index contributed by atoms with van der Waals surface area (Å²) < 4.78 is 12.8. The van der Waals surface area contributed by atoms with E-state index >= 15 is 0 Å². The van der Waals surface area contributed by atoms with Gasteiger partial charge < -0.3 is 10.6 Å². The minimum atomic E-state index is -0.284. The van der Waals surface area contributed by atoms with Gasteiger partial charge in [0.15, 0.2) is 0 Å². The number of fused-ring (bicyclic) bond motifs is 2. The highest BCUT2D eigenvalue weighted by Gasteiger charge is 2.23. The molecule has 0 unspecified atom stereocenters. The number of para-hydroxylation sites is 2. The van der Waals surface area contributed by atoms with Crippen LogP contribution >= 0.6 is 0 Å². The van der Waals surface area contributed by atoms with Gasteiger partial charge in [0.25, 0.3) is 5.91 Å². The molecule has 2 heterocycles.